The molecule has 0 amide bonds. The van der Waals surface area contributed by atoms with E-state index in [1.54, 1.807) is 7.11 Å². The maximum atomic E-state index is 5.40. The average molecular weight is 245 g/mol. The molecule has 2 saturated carbocycles. The number of methoxy groups -OCH3 is 1. The Morgan fingerprint density at radius 2 is 1.72 bits per heavy atom. The molecule has 0 radical (unpaired) electrons. The fraction of sp³-hybridized carbons (Fsp3) is 0.625. The van der Waals surface area contributed by atoms with E-state index in [1.807, 2.05) is 0 Å². The summed E-state index contributed by atoms with van der Waals surface area (Å²) in [5.41, 5.74) is 1.35. The molecule has 1 N–H and O–H groups in total. The predicted octanol–water partition coefficient (Wildman–Crippen LogP) is 3.15. The maximum absolute atomic E-state index is 5.40. The Hall–Kier alpha value is -0.860. The minimum absolute atomic E-state index is 0.349. The molecule has 1 aromatic carbocycles. The third-order valence-corrected chi connectivity index (χ3v) is 4.19. The molecule has 18 heavy (non-hydrogen) atoms. The van der Waals surface area contributed by atoms with Crippen LogP contribution in [0.15, 0.2) is 30.3 Å². The summed E-state index contributed by atoms with van der Waals surface area (Å²) in [4.78, 5) is 0. The van der Waals surface area contributed by atoms with Crippen molar-refractivity contribution >= 4 is 0 Å². The van der Waals surface area contributed by atoms with E-state index in [4.69, 9.17) is 4.74 Å². The Balaban J connectivity index is 1.69. The number of ether oxygens (including phenoxy) is 1. The summed E-state index contributed by atoms with van der Waals surface area (Å²) in [6.45, 7) is 0.764. The lowest BCUT2D eigenvalue weighted by Gasteiger charge is -2.26. The van der Waals surface area contributed by atoms with Crippen molar-refractivity contribution in [3.63, 3.8) is 0 Å². The molecular weight excluding hydrogens is 222 g/mol. The van der Waals surface area contributed by atoms with Crippen LogP contribution in [0.25, 0.3) is 0 Å². The van der Waals surface area contributed by atoms with Gasteiger partial charge < -0.3 is 10.1 Å². The van der Waals surface area contributed by atoms with Gasteiger partial charge >= 0.3 is 0 Å². The van der Waals surface area contributed by atoms with E-state index in [1.165, 1.54) is 31.2 Å². The fourth-order valence-corrected chi connectivity index (χ4v) is 2.89. The Morgan fingerprint density at radius 1 is 1.11 bits per heavy atom. The van der Waals surface area contributed by atoms with Crippen molar-refractivity contribution in [3.05, 3.63) is 35.9 Å². The fourth-order valence-electron chi connectivity index (χ4n) is 2.89. The number of benzene rings is 1. The highest BCUT2D eigenvalue weighted by molar-refractivity contribution is 5.19. The summed E-state index contributed by atoms with van der Waals surface area (Å²) in [6.07, 6.45) is 5.68. The standard InChI is InChI=1S/C16H23NO/c1-18-11-15(12-5-3-2-4-6-12)17-16(13-7-8-13)14-9-10-14/h2-6,13-17H,7-11H2,1H3. The van der Waals surface area contributed by atoms with Crippen molar-refractivity contribution < 1.29 is 4.74 Å². The molecule has 2 nitrogen and oxygen atoms in total. The van der Waals surface area contributed by atoms with E-state index in [0.717, 1.165) is 24.5 Å². The Morgan fingerprint density at radius 3 is 2.22 bits per heavy atom. The summed E-state index contributed by atoms with van der Waals surface area (Å²) in [5, 5.41) is 3.87. The molecule has 2 heteroatoms. The van der Waals surface area contributed by atoms with E-state index in [0.29, 0.717) is 6.04 Å². The number of hydrogen-bond donors (Lipinski definition) is 1. The first-order valence-electron chi connectivity index (χ1n) is 7.18. The third-order valence-electron chi connectivity index (χ3n) is 4.19. The van der Waals surface area contributed by atoms with Crippen LogP contribution in [-0.2, 0) is 4.74 Å². The second-order valence-electron chi connectivity index (χ2n) is 5.79. The number of hydrogen-bond acceptors (Lipinski definition) is 2. The number of nitrogens with one attached hydrogen (secondary N) is 1. The van der Waals surface area contributed by atoms with Crippen molar-refractivity contribution in [3.8, 4) is 0 Å². The first-order chi connectivity index (χ1) is 8.88. The SMILES string of the molecule is COCC(NC(C1CC1)C1CC1)c1ccccc1. The van der Waals surface area contributed by atoms with Crippen LogP contribution in [0.1, 0.15) is 37.3 Å². The molecular formula is C16H23NO. The summed E-state index contributed by atoms with van der Waals surface area (Å²) < 4.78 is 5.40. The van der Waals surface area contributed by atoms with Gasteiger partial charge in [-0.2, -0.15) is 0 Å². The Labute approximate surface area is 110 Å². The normalized spacial score (nSPS) is 21.2. The summed E-state index contributed by atoms with van der Waals surface area (Å²) >= 11 is 0. The molecule has 2 fully saturated rings. The second kappa shape index (κ2) is 5.41. The smallest absolute Gasteiger partial charge is 0.0657 e. The molecule has 1 atom stereocenters. The van der Waals surface area contributed by atoms with Gasteiger partial charge in [-0.05, 0) is 43.1 Å². The quantitative estimate of drug-likeness (QED) is 0.796. The maximum Gasteiger partial charge on any atom is 0.0657 e. The molecule has 2 aliphatic rings. The Bertz CT molecular complexity index is 358. The number of rotatable bonds is 7. The van der Waals surface area contributed by atoms with Crippen LogP contribution in [0.2, 0.25) is 0 Å². The van der Waals surface area contributed by atoms with Gasteiger partial charge in [-0.3, -0.25) is 0 Å². The lowest BCUT2D eigenvalue weighted by atomic mass is 10.0. The van der Waals surface area contributed by atoms with Crippen molar-refractivity contribution in [1.82, 2.24) is 5.32 Å². The molecule has 0 saturated heterocycles. The molecule has 3 rings (SSSR count). The largest absolute Gasteiger partial charge is 0.383 e. The molecule has 0 bridgehead atoms. The highest BCUT2D eigenvalue weighted by atomic mass is 16.5. The third kappa shape index (κ3) is 2.93. The van der Waals surface area contributed by atoms with Gasteiger partial charge in [0.05, 0.1) is 12.6 Å². The van der Waals surface area contributed by atoms with Crippen LogP contribution >= 0.6 is 0 Å². The minimum atomic E-state index is 0.349. The second-order valence-corrected chi connectivity index (χ2v) is 5.79. The van der Waals surface area contributed by atoms with Gasteiger partial charge in [-0.15, -0.1) is 0 Å². The van der Waals surface area contributed by atoms with Crippen LogP contribution < -0.4 is 5.32 Å². The molecule has 2 aliphatic carbocycles. The molecule has 1 aromatic rings. The molecule has 0 aromatic heterocycles. The van der Waals surface area contributed by atoms with Crippen molar-refractivity contribution in [2.75, 3.05) is 13.7 Å². The van der Waals surface area contributed by atoms with Crippen LogP contribution in [0, 0.1) is 11.8 Å². The Kier molecular flexibility index (Phi) is 3.67. The van der Waals surface area contributed by atoms with Gasteiger partial charge in [-0.1, -0.05) is 30.3 Å². The van der Waals surface area contributed by atoms with Gasteiger partial charge in [0, 0.05) is 13.2 Å². The highest BCUT2D eigenvalue weighted by Crippen LogP contribution is 2.45. The topological polar surface area (TPSA) is 21.3 Å². The zero-order valence-corrected chi connectivity index (χ0v) is 11.1. The van der Waals surface area contributed by atoms with E-state index in [-0.39, 0.29) is 0 Å². The highest BCUT2D eigenvalue weighted by Gasteiger charge is 2.42. The summed E-state index contributed by atoms with van der Waals surface area (Å²) in [7, 11) is 1.79. The van der Waals surface area contributed by atoms with E-state index in [9.17, 15) is 0 Å². The van der Waals surface area contributed by atoms with Crippen molar-refractivity contribution in [2.24, 2.45) is 11.8 Å². The molecule has 0 spiro atoms. The van der Waals surface area contributed by atoms with Crippen molar-refractivity contribution in [2.45, 2.75) is 37.8 Å². The van der Waals surface area contributed by atoms with Crippen LogP contribution in [0.5, 0.6) is 0 Å². The van der Waals surface area contributed by atoms with Crippen LogP contribution in [0.4, 0.5) is 0 Å². The average Bonchev–Trinajstić information content (AvgIpc) is 3.29. The predicted molar refractivity (Wildman–Crippen MR) is 73.4 cm³/mol. The van der Waals surface area contributed by atoms with Crippen LogP contribution in [-0.4, -0.2) is 19.8 Å². The van der Waals surface area contributed by atoms with Gasteiger partial charge in [0.25, 0.3) is 0 Å². The van der Waals surface area contributed by atoms with Crippen molar-refractivity contribution in [1.29, 1.82) is 0 Å². The van der Waals surface area contributed by atoms with Gasteiger partial charge in [0.1, 0.15) is 0 Å². The first-order valence-corrected chi connectivity index (χ1v) is 7.18. The molecule has 0 heterocycles. The summed E-state index contributed by atoms with van der Waals surface area (Å²) in [5.74, 6) is 1.86. The van der Waals surface area contributed by atoms with Gasteiger partial charge in [-0.25, -0.2) is 0 Å². The summed E-state index contributed by atoms with van der Waals surface area (Å²) in [6, 6.07) is 11.8. The van der Waals surface area contributed by atoms with Gasteiger partial charge in [0.15, 0.2) is 0 Å². The van der Waals surface area contributed by atoms with E-state index >= 15 is 0 Å². The molecule has 98 valence electrons. The molecule has 0 aliphatic heterocycles. The van der Waals surface area contributed by atoms with Gasteiger partial charge in [0.2, 0.25) is 0 Å². The van der Waals surface area contributed by atoms with E-state index in [2.05, 4.69) is 35.6 Å². The zero-order chi connectivity index (χ0) is 12.4. The lowest BCUT2D eigenvalue weighted by molar-refractivity contribution is 0.156. The van der Waals surface area contributed by atoms with Crippen LogP contribution in [0.3, 0.4) is 0 Å². The minimum Gasteiger partial charge on any atom is -0.383 e. The first kappa shape index (κ1) is 12.2. The lowest BCUT2D eigenvalue weighted by Crippen LogP contribution is -2.38. The zero-order valence-electron chi connectivity index (χ0n) is 11.1. The monoisotopic (exact) mass is 245 g/mol. The van der Waals surface area contributed by atoms with E-state index < -0.39 is 0 Å². The molecule has 1 unspecified atom stereocenters.